The number of aliphatic hydroxyl groups excluding tert-OH is 1. The van der Waals surface area contributed by atoms with Crippen LogP contribution >= 0.6 is 0 Å². The molecule has 1 aromatic carbocycles. The average molecular weight is 224 g/mol. The molecule has 0 aromatic heterocycles. The normalized spacial score (nSPS) is 16.9. The average Bonchev–Trinajstić information content (AvgIpc) is 2.76. The lowest BCUT2D eigenvalue weighted by molar-refractivity contribution is -0.157. The molecule has 0 bridgehead atoms. The van der Waals surface area contributed by atoms with Crippen LogP contribution in [0.3, 0.4) is 0 Å². The van der Waals surface area contributed by atoms with E-state index in [2.05, 4.69) is 0 Å². The zero-order chi connectivity index (χ0) is 11.4. The Morgan fingerprint density at radius 1 is 1.25 bits per heavy atom. The Hall–Kier alpha value is -1.55. The zero-order valence-corrected chi connectivity index (χ0v) is 8.73. The predicted molar refractivity (Wildman–Crippen MR) is 55.7 cm³/mol. The van der Waals surface area contributed by atoms with Crippen molar-refractivity contribution in [3.8, 4) is 0 Å². The molecule has 0 spiro atoms. The van der Waals surface area contributed by atoms with Gasteiger partial charge < -0.3 is 14.6 Å². The molecule has 0 fully saturated rings. The van der Waals surface area contributed by atoms with Crippen molar-refractivity contribution < 1.29 is 19.0 Å². The maximum Gasteiger partial charge on any atom is 0.276 e. The third-order valence-corrected chi connectivity index (χ3v) is 2.50. The van der Waals surface area contributed by atoms with Crippen LogP contribution in [-0.4, -0.2) is 11.7 Å². The van der Waals surface area contributed by atoms with Crippen LogP contribution in [0.5, 0.6) is 0 Å². The van der Waals surface area contributed by atoms with Gasteiger partial charge in [-0.2, -0.15) is 0 Å². The highest BCUT2D eigenvalue weighted by Crippen LogP contribution is 2.36. The fourth-order valence-electron chi connectivity index (χ4n) is 1.74. The van der Waals surface area contributed by atoms with E-state index in [1.807, 2.05) is 0 Å². The van der Waals surface area contributed by atoms with Gasteiger partial charge in [-0.15, -0.1) is 0 Å². The van der Waals surface area contributed by atoms with Crippen LogP contribution in [0, 0.1) is 5.82 Å². The lowest BCUT2D eigenvalue weighted by Crippen LogP contribution is -2.27. The minimum atomic E-state index is -0.981. The van der Waals surface area contributed by atoms with E-state index in [0.717, 1.165) is 0 Å². The molecule has 16 heavy (non-hydrogen) atoms. The number of benzene rings is 1. The standard InChI is InChI=1S/C12H13FO3/c13-11-4-1-3-10(9-11)12(5-2-6-14)15-7-8-16-12/h1,3-4,7-9,14H,2,5-6H2. The Labute approximate surface area is 93.1 Å². The Balaban J connectivity index is 2.25. The first-order valence-corrected chi connectivity index (χ1v) is 5.14. The third kappa shape index (κ3) is 2.02. The molecule has 0 aliphatic carbocycles. The fourth-order valence-corrected chi connectivity index (χ4v) is 1.74. The van der Waals surface area contributed by atoms with Crippen molar-refractivity contribution in [3.63, 3.8) is 0 Å². The van der Waals surface area contributed by atoms with E-state index in [1.54, 1.807) is 12.1 Å². The maximum atomic E-state index is 13.1. The van der Waals surface area contributed by atoms with Gasteiger partial charge in [0.25, 0.3) is 5.79 Å². The van der Waals surface area contributed by atoms with Crippen molar-refractivity contribution in [2.24, 2.45) is 0 Å². The molecule has 0 atom stereocenters. The summed E-state index contributed by atoms with van der Waals surface area (Å²) < 4.78 is 23.9. The lowest BCUT2D eigenvalue weighted by Gasteiger charge is -2.27. The van der Waals surface area contributed by atoms with E-state index in [9.17, 15) is 4.39 Å². The predicted octanol–water partition coefficient (Wildman–Crippen LogP) is 2.27. The molecule has 2 rings (SSSR count). The highest BCUT2D eigenvalue weighted by Gasteiger charge is 2.37. The summed E-state index contributed by atoms with van der Waals surface area (Å²) in [4.78, 5) is 0. The third-order valence-electron chi connectivity index (χ3n) is 2.50. The van der Waals surface area contributed by atoms with Crippen LogP contribution in [-0.2, 0) is 15.3 Å². The Bertz CT molecular complexity index is 382. The molecule has 1 aliphatic rings. The lowest BCUT2D eigenvalue weighted by atomic mass is 10.0. The SMILES string of the molecule is OCCCC1(c2cccc(F)c2)OC=CO1. The smallest absolute Gasteiger partial charge is 0.276 e. The summed E-state index contributed by atoms with van der Waals surface area (Å²) in [6.07, 6.45) is 3.86. The summed E-state index contributed by atoms with van der Waals surface area (Å²) in [6.45, 7) is 0.0454. The minimum absolute atomic E-state index is 0.0454. The van der Waals surface area contributed by atoms with Crippen molar-refractivity contribution in [1.82, 2.24) is 0 Å². The molecule has 0 saturated heterocycles. The number of aliphatic hydroxyl groups is 1. The van der Waals surface area contributed by atoms with E-state index < -0.39 is 5.79 Å². The number of halogens is 1. The molecule has 86 valence electrons. The summed E-state index contributed by atoms with van der Waals surface area (Å²) in [5.41, 5.74) is 0.617. The van der Waals surface area contributed by atoms with Gasteiger partial charge in [0.15, 0.2) is 0 Å². The second-order valence-electron chi connectivity index (χ2n) is 3.60. The van der Waals surface area contributed by atoms with Gasteiger partial charge in [-0.25, -0.2) is 4.39 Å². The summed E-state index contributed by atoms with van der Waals surface area (Å²) in [7, 11) is 0. The molecule has 0 unspecified atom stereocenters. The Kier molecular flexibility index (Phi) is 3.10. The Morgan fingerprint density at radius 3 is 2.62 bits per heavy atom. The van der Waals surface area contributed by atoms with E-state index in [0.29, 0.717) is 18.4 Å². The molecule has 0 saturated carbocycles. The molecular formula is C12H13FO3. The maximum absolute atomic E-state index is 13.1. The van der Waals surface area contributed by atoms with E-state index in [1.165, 1.54) is 24.7 Å². The van der Waals surface area contributed by atoms with Crippen molar-refractivity contribution >= 4 is 0 Å². The fraction of sp³-hybridized carbons (Fsp3) is 0.333. The van der Waals surface area contributed by atoms with E-state index in [4.69, 9.17) is 14.6 Å². The topological polar surface area (TPSA) is 38.7 Å². The van der Waals surface area contributed by atoms with E-state index in [-0.39, 0.29) is 12.4 Å². The van der Waals surface area contributed by atoms with Gasteiger partial charge in [-0.05, 0) is 18.6 Å². The zero-order valence-electron chi connectivity index (χ0n) is 8.73. The van der Waals surface area contributed by atoms with Crippen molar-refractivity contribution in [2.45, 2.75) is 18.6 Å². The minimum Gasteiger partial charge on any atom is -0.453 e. The molecule has 3 nitrogen and oxygen atoms in total. The van der Waals surface area contributed by atoms with Gasteiger partial charge in [0.05, 0.1) is 0 Å². The Morgan fingerprint density at radius 2 is 2.00 bits per heavy atom. The van der Waals surface area contributed by atoms with Gasteiger partial charge in [-0.1, -0.05) is 12.1 Å². The van der Waals surface area contributed by atoms with Crippen LogP contribution < -0.4 is 0 Å². The summed E-state index contributed by atoms with van der Waals surface area (Å²) in [5, 5.41) is 8.84. The summed E-state index contributed by atoms with van der Waals surface area (Å²) >= 11 is 0. The van der Waals surface area contributed by atoms with Gasteiger partial charge in [0.2, 0.25) is 0 Å². The molecular weight excluding hydrogens is 211 g/mol. The first-order chi connectivity index (χ1) is 7.77. The quantitative estimate of drug-likeness (QED) is 0.852. The molecule has 1 aromatic rings. The first-order valence-electron chi connectivity index (χ1n) is 5.14. The van der Waals surface area contributed by atoms with Gasteiger partial charge in [0, 0.05) is 18.6 Å². The molecule has 4 heteroatoms. The van der Waals surface area contributed by atoms with Crippen LogP contribution in [0.2, 0.25) is 0 Å². The van der Waals surface area contributed by atoms with Crippen LogP contribution in [0.15, 0.2) is 36.8 Å². The molecule has 1 heterocycles. The summed E-state index contributed by atoms with van der Waals surface area (Å²) in [6, 6.07) is 6.10. The second kappa shape index (κ2) is 4.53. The number of hydrogen-bond donors (Lipinski definition) is 1. The molecule has 1 N–H and O–H groups in total. The number of rotatable bonds is 4. The highest BCUT2D eigenvalue weighted by atomic mass is 19.1. The van der Waals surface area contributed by atoms with Gasteiger partial charge in [0.1, 0.15) is 18.3 Å². The van der Waals surface area contributed by atoms with Crippen LogP contribution in [0.4, 0.5) is 4.39 Å². The molecule has 0 amide bonds. The van der Waals surface area contributed by atoms with Crippen LogP contribution in [0.25, 0.3) is 0 Å². The first kappa shape index (κ1) is 11.0. The van der Waals surface area contributed by atoms with Gasteiger partial charge >= 0.3 is 0 Å². The van der Waals surface area contributed by atoms with Crippen LogP contribution in [0.1, 0.15) is 18.4 Å². The highest BCUT2D eigenvalue weighted by molar-refractivity contribution is 5.22. The molecule has 1 aliphatic heterocycles. The monoisotopic (exact) mass is 224 g/mol. The largest absolute Gasteiger partial charge is 0.453 e. The molecule has 0 radical (unpaired) electrons. The number of ether oxygens (including phenoxy) is 2. The second-order valence-corrected chi connectivity index (χ2v) is 3.60. The van der Waals surface area contributed by atoms with Crippen molar-refractivity contribution in [2.75, 3.05) is 6.61 Å². The summed E-state index contributed by atoms with van der Waals surface area (Å²) in [5.74, 6) is -1.31. The number of hydrogen-bond acceptors (Lipinski definition) is 3. The van der Waals surface area contributed by atoms with Crippen molar-refractivity contribution in [3.05, 3.63) is 48.2 Å². The van der Waals surface area contributed by atoms with Crippen molar-refractivity contribution in [1.29, 1.82) is 0 Å². The van der Waals surface area contributed by atoms with E-state index >= 15 is 0 Å². The van der Waals surface area contributed by atoms with Gasteiger partial charge in [-0.3, -0.25) is 0 Å².